The lowest BCUT2D eigenvalue weighted by molar-refractivity contribution is 0.0961. The van der Waals surface area contributed by atoms with E-state index in [-0.39, 0.29) is 16.8 Å². The van der Waals surface area contributed by atoms with E-state index in [0.717, 1.165) is 19.4 Å². The van der Waals surface area contributed by atoms with E-state index in [1.807, 2.05) is 0 Å². The minimum absolute atomic E-state index is 0.0190. The first-order valence-corrected chi connectivity index (χ1v) is 4.98. The Hall–Kier alpha value is -0.870. The molecule has 0 bridgehead atoms. The van der Waals surface area contributed by atoms with Crippen LogP contribution in [-0.2, 0) is 11.3 Å². The summed E-state index contributed by atoms with van der Waals surface area (Å²) in [7, 11) is 0. The van der Waals surface area contributed by atoms with Crippen molar-refractivity contribution in [1.82, 2.24) is 9.55 Å². The van der Waals surface area contributed by atoms with E-state index in [1.165, 1.54) is 6.20 Å². The molecule has 0 aliphatic carbocycles. The van der Waals surface area contributed by atoms with Crippen molar-refractivity contribution in [1.29, 1.82) is 0 Å². The summed E-state index contributed by atoms with van der Waals surface area (Å²) in [5.41, 5.74) is -0.246. The summed E-state index contributed by atoms with van der Waals surface area (Å²) >= 11 is 5.61. The highest BCUT2D eigenvalue weighted by Gasteiger charge is 2.16. The van der Waals surface area contributed by atoms with Crippen LogP contribution in [0.25, 0.3) is 0 Å². The zero-order valence-corrected chi connectivity index (χ0v) is 8.41. The normalized spacial score (nSPS) is 21.4. The molecule has 4 nitrogen and oxygen atoms in total. The second kappa shape index (κ2) is 4.11. The fourth-order valence-corrected chi connectivity index (χ4v) is 1.74. The Morgan fingerprint density at radius 1 is 1.71 bits per heavy atom. The second-order valence-electron chi connectivity index (χ2n) is 3.31. The van der Waals surface area contributed by atoms with Crippen LogP contribution in [0.1, 0.15) is 12.8 Å². The molecule has 0 amide bonds. The van der Waals surface area contributed by atoms with E-state index in [0.29, 0.717) is 6.54 Å². The van der Waals surface area contributed by atoms with Crippen molar-refractivity contribution in [2.24, 2.45) is 0 Å². The summed E-state index contributed by atoms with van der Waals surface area (Å²) in [5, 5.41) is 0.0190. The quantitative estimate of drug-likeness (QED) is 0.740. The fraction of sp³-hybridized carbons (Fsp3) is 0.556. The minimum atomic E-state index is -0.246. The average molecular weight is 215 g/mol. The molecule has 1 atom stereocenters. The Labute approximate surface area is 86.5 Å². The number of halogens is 1. The molecule has 0 aromatic carbocycles. The number of hydrogen-bond acceptors (Lipinski definition) is 3. The van der Waals surface area contributed by atoms with Gasteiger partial charge in [-0.15, -0.1) is 0 Å². The standard InChI is InChI=1S/C9H11ClN2O2/c10-8-9(13)12(4-3-11-8)6-7-2-1-5-14-7/h3-4,7H,1-2,5-6H2/t7-/m1/s1. The van der Waals surface area contributed by atoms with Gasteiger partial charge in [0.2, 0.25) is 0 Å². The van der Waals surface area contributed by atoms with Crippen LogP contribution < -0.4 is 5.56 Å². The van der Waals surface area contributed by atoms with Gasteiger partial charge in [-0.1, -0.05) is 11.6 Å². The molecule has 1 fully saturated rings. The lowest BCUT2D eigenvalue weighted by Gasteiger charge is -2.10. The highest BCUT2D eigenvalue weighted by atomic mass is 35.5. The number of hydrogen-bond donors (Lipinski definition) is 0. The molecule has 1 aliphatic heterocycles. The van der Waals surface area contributed by atoms with E-state index in [1.54, 1.807) is 10.8 Å². The van der Waals surface area contributed by atoms with Gasteiger partial charge in [-0.2, -0.15) is 0 Å². The van der Waals surface area contributed by atoms with Gasteiger partial charge >= 0.3 is 0 Å². The molecular formula is C9H11ClN2O2. The number of rotatable bonds is 2. The van der Waals surface area contributed by atoms with Gasteiger partial charge < -0.3 is 9.30 Å². The maximum Gasteiger partial charge on any atom is 0.288 e. The summed E-state index contributed by atoms with van der Waals surface area (Å²) < 4.78 is 6.98. The van der Waals surface area contributed by atoms with Crippen molar-refractivity contribution in [3.8, 4) is 0 Å². The summed E-state index contributed by atoms with van der Waals surface area (Å²) in [6.45, 7) is 1.36. The van der Waals surface area contributed by atoms with Crippen molar-refractivity contribution in [3.05, 3.63) is 27.9 Å². The molecule has 1 saturated heterocycles. The van der Waals surface area contributed by atoms with Gasteiger partial charge in [-0.05, 0) is 12.8 Å². The van der Waals surface area contributed by atoms with Crippen LogP contribution in [0.15, 0.2) is 17.2 Å². The van der Waals surface area contributed by atoms with Crippen molar-refractivity contribution in [2.75, 3.05) is 6.61 Å². The van der Waals surface area contributed by atoms with E-state index >= 15 is 0 Å². The first-order valence-electron chi connectivity index (χ1n) is 4.60. The first kappa shape index (κ1) is 9.68. The third-order valence-electron chi connectivity index (χ3n) is 2.30. The second-order valence-corrected chi connectivity index (χ2v) is 3.67. The summed E-state index contributed by atoms with van der Waals surface area (Å²) in [4.78, 5) is 15.2. The minimum Gasteiger partial charge on any atom is -0.376 e. The van der Waals surface area contributed by atoms with Crippen LogP contribution in [0.3, 0.4) is 0 Å². The highest BCUT2D eigenvalue weighted by molar-refractivity contribution is 6.29. The zero-order chi connectivity index (χ0) is 9.97. The third-order valence-corrected chi connectivity index (χ3v) is 2.56. The van der Waals surface area contributed by atoms with Gasteiger partial charge in [-0.3, -0.25) is 4.79 Å². The van der Waals surface area contributed by atoms with Crippen LogP contribution in [0.2, 0.25) is 5.15 Å². The Bertz CT molecular complexity index is 371. The van der Waals surface area contributed by atoms with Gasteiger partial charge in [0.05, 0.1) is 12.6 Å². The molecular weight excluding hydrogens is 204 g/mol. The molecule has 1 aromatic rings. The maximum atomic E-state index is 11.5. The van der Waals surface area contributed by atoms with Gasteiger partial charge in [-0.25, -0.2) is 4.98 Å². The lowest BCUT2D eigenvalue weighted by atomic mass is 10.2. The van der Waals surface area contributed by atoms with Crippen molar-refractivity contribution in [3.63, 3.8) is 0 Å². The molecule has 2 heterocycles. The predicted octanol–water partition coefficient (Wildman–Crippen LogP) is 1.08. The van der Waals surface area contributed by atoms with E-state index < -0.39 is 0 Å². The molecule has 0 saturated carbocycles. The Morgan fingerprint density at radius 2 is 2.57 bits per heavy atom. The number of nitrogens with zero attached hydrogens (tertiary/aromatic N) is 2. The smallest absolute Gasteiger partial charge is 0.288 e. The summed E-state index contributed by atoms with van der Waals surface area (Å²) in [5.74, 6) is 0. The SMILES string of the molecule is O=c1c(Cl)nccn1C[C@H]1CCCO1. The first-order chi connectivity index (χ1) is 6.77. The zero-order valence-electron chi connectivity index (χ0n) is 7.65. The van der Waals surface area contributed by atoms with Gasteiger partial charge in [0.25, 0.3) is 5.56 Å². The summed E-state index contributed by atoms with van der Waals surface area (Å²) in [6.07, 6.45) is 5.38. The Morgan fingerprint density at radius 3 is 3.29 bits per heavy atom. The van der Waals surface area contributed by atoms with Crippen LogP contribution in [0.4, 0.5) is 0 Å². The van der Waals surface area contributed by atoms with E-state index in [4.69, 9.17) is 16.3 Å². The van der Waals surface area contributed by atoms with Crippen molar-refractivity contribution < 1.29 is 4.74 Å². The molecule has 0 radical (unpaired) electrons. The Balaban J connectivity index is 2.16. The van der Waals surface area contributed by atoms with Gasteiger partial charge in [0.1, 0.15) is 0 Å². The maximum absolute atomic E-state index is 11.5. The number of ether oxygens (including phenoxy) is 1. The largest absolute Gasteiger partial charge is 0.376 e. The average Bonchev–Trinajstić information content (AvgIpc) is 2.66. The molecule has 76 valence electrons. The van der Waals surface area contributed by atoms with Crippen LogP contribution in [0.5, 0.6) is 0 Å². The fourth-order valence-electron chi connectivity index (χ4n) is 1.57. The molecule has 0 N–H and O–H groups in total. The van der Waals surface area contributed by atoms with Gasteiger partial charge in [0, 0.05) is 19.0 Å². The van der Waals surface area contributed by atoms with Crippen molar-refractivity contribution in [2.45, 2.75) is 25.5 Å². The van der Waals surface area contributed by atoms with Crippen LogP contribution in [0, 0.1) is 0 Å². The highest BCUT2D eigenvalue weighted by Crippen LogP contribution is 2.13. The lowest BCUT2D eigenvalue weighted by Crippen LogP contribution is -2.26. The number of aromatic nitrogens is 2. The molecule has 5 heteroatoms. The molecule has 1 aliphatic rings. The van der Waals surface area contributed by atoms with E-state index in [2.05, 4.69) is 4.98 Å². The van der Waals surface area contributed by atoms with E-state index in [9.17, 15) is 4.79 Å². The molecule has 0 unspecified atom stereocenters. The third kappa shape index (κ3) is 1.96. The molecule has 0 spiro atoms. The molecule has 2 rings (SSSR count). The summed E-state index contributed by atoms with van der Waals surface area (Å²) in [6, 6.07) is 0. The Kier molecular flexibility index (Phi) is 2.84. The van der Waals surface area contributed by atoms with Gasteiger partial charge in [0.15, 0.2) is 5.15 Å². The predicted molar refractivity (Wildman–Crippen MR) is 52.5 cm³/mol. The van der Waals surface area contributed by atoms with Crippen LogP contribution in [-0.4, -0.2) is 22.3 Å². The molecule has 1 aromatic heterocycles. The van der Waals surface area contributed by atoms with Crippen molar-refractivity contribution >= 4 is 11.6 Å². The molecule has 14 heavy (non-hydrogen) atoms. The monoisotopic (exact) mass is 214 g/mol. The topological polar surface area (TPSA) is 44.1 Å². The van der Waals surface area contributed by atoms with Crippen LogP contribution >= 0.6 is 11.6 Å².